The SMILES string of the molecule is CCCCC/C=C/CC/C=C/C(O)C(CO)NC(=O)CC(O)CCCCCCCCC/C=C\CCCCCCCCCCCCCC. The lowest BCUT2D eigenvalue weighted by molar-refractivity contribution is -0.124. The fourth-order valence-corrected chi connectivity index (χ4v) is 6.00. The Morgan fingerprint density at radius 3 is 1.40 bits per heavy atom. The molecule has 3 unspecified atom stereocenters. The van der Waals surface area contributed by atoms with Crippen molar-refractivity contribution in [2.45, 2.75) is 218 Å². The summed E-state index contributed by atoms with van der Waals surface area (Å²) < 4.78 is 0. The van der Waals surface area contributed by atoms with E-state index < -0.39 is 18.2 Å². The molecule has 0 aliphatic heterocycles. The van der Waals surface area contributed by atoms with E-state index in [9.17, 15) is 20.1 Å². The molecule has 0 rings (SSSR count). The molecule has 0 bridgehead atoms. The Morgan fingerprint density at radius 2 is 0.915 bits per heavy atom. The van der Waals surface area contributed by atoms with E-state index in [1.165, 1.54) is 141 Å². The number of carbonyl (C=O) groups is 1. The first-order valence-corrected chi connectivity index (χ1v) is 20.3. The second-order valence-corrected chi connectivity index (χ2v) is 13.9. The van der Waals surface area contributed by atoms with Gasteiger partial charge in [-0.25, -0.2) is 0 Å². The molecule has 5 nitrogen and oxygen atoms in total. The van der Waals surface area contributed by atoms with Crippen LogP contribution in [0.3, 0.4) is 0 Å². The summed E-state index contributed by atoms with van der Waals surface area (Å²) in [6, 6.07) is -0.759. The number of amides is 1. The zero-order chi connectivity index (χ0) is 34.5. The number of hydrogen-bond acceptors (Lipinski definition) is 4. The van der Waals surface area contributed by atoms with Crippen LogP contribution in [0.1, 0.15) is 200 Å². The summed E-state index contributed by atoms with van der Waals surface area (Å²) in [6.07, 6.45) is 45.8. The number of carbonyl (C=O) groups excluding carboxylic acids is 1. The van der Waals surface area contributed by atoms with E-state index >= 15 is 0 Å². The zero-order valence-electron chi connectivity index (χ0n) is 31.2. The summed E-state index contributed by atoms with van der Waals surface area (Å²) in [4.78, 5) is 12.3. The maximum atomic E-state index is 12.3. The van der Waals surface area contributed by atoms with E-state index in [2.05, 4.69) is 43.5 Å². The highest BCUT2D eigenvalue weighted by molar-refractivity contribution is 5.76. The van der Waals surface area contributed by atoms with Crippen LogP contribution in [-0.2, 0) is 4.79 Å². The largest absolute Gasteiger partial charge is 0.394 e. The van der Waals surface area contributed by atoms with Gasteiger partial charge in [-0.05, 0) is 57.8 Å². The lowest BCUT2D eigenvalue weighted by Gasteiger charge is -2.21. The molecule has 0 aromatic heterocycles. The quantitative estimate of drug-likeness (QED) is 0.0397. The molecule has 276 valence electrons. The van der Waals surface area contributed by atoms with Crippen LogP contribution in [0.15, 0.2) is 36.5 Å². The van der Waals surface area contributed by atoms with Gasteiger partial charge in [0.05, 0.1) is 31.3 Å². The summed E-state index contributed by atoms with van der Waals surface area (Å²) >= 11 is 0. The van der Waals surface area contributed by atoms with Gasteiger partial charge in [0.25, 0.3) is 0 Å². The molecule has 5 heteroatoms. The molecule has 0 aliphatic rings. The van der Waals surface area contributed by atoms with Gasteiger partial charge in [-0.2, -0.15) is 0 Å². The summed E-state index contributed by atoms with van der Waals surface area (Å²) in [7, 11) is 0. The van der Waals surface area contributed by atoms with Gasteiger partial charge in [0.1, 0.15) is 0 Å². The molecule has 0 fully saturated rings. The van der Waals surface area contributed by atoms with Crippen molar-refractivity contribution in [2.24, 2.45) is 0 Å². The Labute approximate surface area is 292 Å². The van der Waals surface area contributed by atoms with Crippen molar-refractivity contribution >= 4 is 5.91 Å². The highest BCUT2D eigenvalue weighted by Crippen LogP contribution is 2.14. The summed E-state index contributed by atoms with van der Waals surface area (Å²) in [6.45, 7) is 4.14. The van der Waals surface area contributed by atoms with Gasteiger partial charge in [0, 0.05) is 0 Å². The van der Waals surface area contributed by atoms with Gasteiger partial charge < -0.3 is 20.6 Å². The van der Waals surface area contributed by atoms with Crippen molar-refractivity contribution in [3.8, 4) is 0 Å². The third-order valence-corrected chi connectivity index (χ3v) is 9.15. The Kier molecular flexibility index (Phi) is 36.3. The smallest absolute Gasteiger partial charge is 0.222 e. The standard InChI is InChI=1S/C42H79NO4/c1-3-5-7-9-11-13-14-15-16-17-18-19-20-21-22-23-24-25-26-28-29-31-33-35-39(45)37-42(47)43-40(38-44)41(46)36-34-32-30-27-12-10-8-6-4-2/h12,21-22,27,34,36,39-41,44-46H,3-11,13-20,23-26,28-33,35,37-38H2,1-2H3,(H,43,47)/b22-21-,27-12+,36-34+. The number of rotatable bonds is 36. The predicted molar refractivity (Wildman–Crippen MR) is 204 cm³/mol. The highest BCUT2D eigenvalue weighted by Gasteiger charge is 2.20. The summed E-state index contributed by atoms with van der Waals surface area (Å²) in [5, 5.41) is 33.0. The molecule has 0 heterocycles. The van der Waals surface area contributed by atoms with Crippen molar-refractivity contribution in [3.05, 3.63) is 36.5 Å². The van der Waals surface area contributed by atoms with Gasteiger partial charge in [-0.1, -0.05) is 172 Å². The van der Waals surface area contributed by atoms with Crippen LogP contribution in [0.5, 0.6) is 0 Å². The molecule has 0 aromatic carbocycles. The highest BCUT2D eigenvalue weighted by atomic mass is 16.3. The molecule has 0 saturated heterocycles. The van der Waals surface area contributed by atoms with Crippen molar-refractivity contribution in [3.63, 3.8) is 0 Å². The summed E-state index contributed by atoms with van der Waals surface area (Å²) in [5.74, 6) is -0.331. The topological polar surface area (TPSA) is 89.8 Å². The van der Waals surface area contributed by atoms with Crippen molar-refractivity contribution in [2.75, 3.05) is 6.61 Å². The van der Waals surface area contributed by atoms with Gasteiger partial charge >= 0.3 is 0 Å². The first-order chi connectivity index (χ1) is 23.0. The van der Waals surface area contributed by atoms with Crippen LogP contribution < -0.4 is 5.32 Å². The zero-order valence-corrected chi connectivity index (χ0v) is 31.2. The lowest BCUT2D eigenvalue weighted by Crippen LogP contribution is -2.45. The van der Waals surface area contributed by atoms with E-state index in [0.717, 1.165) is 32.1 Å². The Hall–Kier alpha value is -1.43. The Morgan fingerprint density at radius 1 is 0.532 bits per heavy atom. The minimum Gasteiger partial charge on any atom is -0.394 e. The van der Waals surface area contributed by atoms with Crippen LogP contribution in [0.2, 0.25) is 0 Å². The van der Waals surface area contributed by atoms with Crippen LogP contribution in [0.4, 0.5) is 0 Å². The number of unbranched alkanes of at least 4 members (excludes halogenated alkanes) is 23. The Balaban J connectivity index is 3.63. The molecule has 0 saturated carbocycles. The molecule has 1 amide bonds. The van der Waals surface area contributed by atoms with Gasteiger partial charge in [0.15, 0.2) is 0 Å². The first-order valence-electron chi connectivity index (χ1n) is 20.3. The van der Waals surface area contributed by atoms with Gasteiger partial charge in [0.2, 0.25) is 5.91 Å². The van der Waals surface area contributed by atoms with Crippen LogP contribution in [-0.4, -0.2) is 46.1 Å². The lowest BCUT2D eigenvalue weighted by atomic mass is 10.0. The molecular weight excluding hydrogens is 582 g/mol. The van der Waals surface area contributed by atoms with Crippen molar-refractivity contribution in [1.29, 1.82) is 0 Å². The molecule has 47 heavy (non-hydrogen) atoms. The number of nitrogens with one attached hydrogen (secondary N) is 1. The molecule has 3 atom stereocenters. The molecule has 0 aliphatic carbocycles. The maximum absolute atomic E-state index is 12.3. The number of aliphatic hydroxyl groups excluding tert-OH is 3. The molecular formula is C42H79NO4. The third kappa shape index (κ3) is 34.2. The van der Waals surface area contributed by atoms with E-state index in [1.54, 1.807) is 6.08 Å². The monoisotopic (exact) mass is 662 g/mol. The first kappa shape index (κ1) is 45.6. The third-order valence-electron chi connectivity index (χ3n) is 9.15. The number of aliphatic hydroxyl groups is 3. The molecule has 0 spiro atoms. The van der Waals surface area contributed by atoms with E-state index in [1.807, 2.05) is 6.08 Å². The summed E-state index contributed by atoms with van der Waals surface area (Å²) in [5.41, 5.74) is 0. The predicted octanol–water partition coefficient (Wildman–Crippen LogP) is 11.2. The van der Waals surface area contributed by atoms with E-state index in [4.69, 9.17) is 0 Å². The fraction of sp³-hybridized carbons (Fsp3) is 0.833. The molecule has 0 aromatic rings. The molecule has 0 radical (unpaired) electrons. The van der Waals surface area contributed by atoms with Crippen LogP contribution >= 0.6 is 0 Å². The number of hydrogen-bond donors (Lipinski definition) is 4. The van der Waals surface area contributed by atoms with Crippen LogP contribution in [0.25, 0.3) is 0 Å². The normalized spacial score (nSPS) is 14.1. The second-order valence-electron chi connectivity index (χ2n) is 13.9. The Bertz CT molecular complexity index is 734. The number of allylic oxidation sites excluding steroid dienone is 5. The van der Waals surface area contributed by atoms with Crippen LogP contribution in [0, 0.1) is 0 Å². The minimum absolute atomic E-state index is 0.00257. The average molecular weight is 662 g/mol. The average Bonchev–Trinajstić information content (AvgIpc) is 3.06. The van der Waals surface area contributed by atoms with Crippen molar-refractivity contribution in [1.82, 2.24) is 5.32 Å². The fourth-order valence-electron chi connectivity index (χ4n) is 6.00. The minimum atomic E-state index is -0.949. The van der Waals surface area contributed by atoms with Crippen molar-refractivity contribution < 1.29 is 20.1 Å². The maximum Gasteiger partial charge on any atom is 0.222 e. The van der Waals surface area contributed by atoms with E-state index in [0.29, 0.717) is 6.42 Å². The molecule has 4 N–H and O–H groups in total. The van der Waals surface area contributed by atoms with Gasteiger partial charge in [-0.3, -0.25) is 4.79 Å². The van der Waals surface area contributed by atoms with E-state index in [-0.39, 0.29) is 18.9 Å². The second kappa shape index (κ2) is 37.4. The van der Waals surface area contributed by atoms with Gasteiger partial charge in [-0.15, -0.1) is 0 Å².